The van der Waals surface area contributed by atoms with Gasteiger partial charge in [0.1, 0.15) is 11.5 Å². The maximum atomic E-state index is 11.8. The number of carbonyl (C=O) groups is 2. The van der Waals surface area contributed by atoms with Crippen LogP contribution in [0.1, 0.15) is 13.8 Å². The van der Waals surface area contributed by atoms with Crippen molar-refractivity contribution in [1.29, 1.82) is 0 Å². The number of benzene rings is 2. The maximum absolute atomic E-state index is 11.8. The van der Waals surface area contributed by atoms with E-state index in [9.17, 15) is 9.59 Å². The molecule has 0 amide bonds. The molecule has 0 saturated heterocycles. The Morgan fingerprint density at radius 2 is 1.27 bits per heavy atom. The molecule has 22 heavy (non-hydrogen) atoms. The van der Waals surface area contributed by atoms with E-state index in [0.29, 0.717) is 28.2 Å². The summed E-state index contributed by atoms with van der Waals surface area (Å²) in [6.45, 7) is 6.48. The molecule has 0 aliphatic heterocycles. The predicted octanol–water partition coefficient (Wildman–Crippen LogP) is 3.76. The molecule has 0 radical (unpaired) electrons. The van der Waals surface area contributed by atoms with Crippen LogP contribution in [0.4, 0.5) is 0 Å². The molecule has 0 aliphatic rings. The zero-order valence-corrected chi connectivity index (χ0v) is 12.5. The standard InChI is InChI=1S/C18H16O4/c1-12(2)18(20)22-17-11-7-5-9-15(17)14-8-4-6-10-16(14)21-13(3)19/h4-11H,1H2,2-3H3. The van der Waals surface area contributed by atoms with Gasteiger partial charge in [-0.2, -0.15) is 0 Å². The summed E-state index contributed by atoms with van der Waals surface area (Å²) >= 11 is 0. The van der Waals surface area contributed by atoms with Crippen molar-refractivity contribution in [2.75, 3.05) is 0 Å². The van der Waals surface area contributed by atoms with Crippen LogP contribution < -0.4 is 9.47 Å². The first-order valence-electron chi connectivity index (χ1n) is 6.73. The van der Waals surface area contributed by atoms with Crippen LogP contribution in [0.3, 0.4) is 0 Å². The van der Waals surface area contributed by atoms with Crippen molar-refractivity contribution < 1.29 is 19.1 Å². The van der Waals surface area contributed by atoms with E-state index in [1.807, 2.05) is 12.1 Å². The minimum absolute atomic E-state index is 0.308. The summed E-state index contributed by atoms with van der Waals surface area (Å²) in [5, 5.41) is 0. The van der Waals surface area contributed by atoms with Gasteiger partial charge in [-0.05, 0) is 19.1 Å². The van der Waals surface area contributed by atoms with E-state index in [1.165, 1.54) is 6.92 Å². The highest BCUT2D eigenvalue weighted by atomic mass is 16.5. The average molecular weight is 296 g/mol. The second kappa shape index (κ2) is 6.72. The number of hydrogen-bond donors (Lipinski definition) is 0. The quantitative estimate of drug-likeness (QED) is 0.490. The van der Waals surface area contributed by atoms with E-state index in [1.54, 1.807) is 43.3 Å². The molecular formula is C18H16O4. The Kier molecular flexibility index (Phi) is 4.73. The third-order valence-corrected chi connectivity index (χ3v) is 2.87. The predicted molar refractivity (Wildman–Crippen MR) is 83.6 cm³/mol. The fraction of sp³-hybridized carbons (Fsp3) is 0.111. The van der Waals surface area contributed by atoms with Gasteiger partial charge >= 0.3 is 11.9 Å². The number of hydrogen-bond acceptors (Lipinski definition) is 4. The van der Waals surface area contributed by atoms with Gasteiger partial charge in [0.2, 0.25) is 0 Å². The first-order chi connectivity index (χ1) is 10.5. The summed E-state index contributed by atoms with van der Waals surface area (Å²) in [6, 6.07) is 14.1. The second-order valence-electron chi connectivity index (χ2n) is 4.76. The SMILES string of the molecule is C=C(C)C(=O)Oc1ccccc1-c1ccccc1OC(C)=O. The number of carbonyl (C=O) groups excluding carboxylic acids is 2. The molecule has 2 aromatic rings. The lowest BCUT2D eigenvalue weighted by Crippen LogP contribution is -2.09. The monoisotopic (exact) mass is 296 g/mol. The number of esters is 2. The van der Waals surface area contributed by atoms with Crippen molar-refractivity contribution in [2.24, 2.45) is 0 Å². The zero-order chi connectivity index (χ0) is 16.1. The van der Waals surface area contributed by atoms with Crippen molar-refractivity contribution in [1.82, 2.24) is 0 Å². The lowest BCUT2D eigenvalue weighted by molar-refractivity contribution is -0.132. The van der Waals surface area contributed by atoms with Crippen LogP contribution in [0.25, 0.3) is 11.1 Å². The molecule has 0 bridgehead atoms. The van der Waals surface area contributed by atoms with Crippen LogP contribution in [0, 0.1) is 0 Å². The zero-order valence-electron chi connectivity index (χ0n) is 12.5. The van der Waals surface area contributed by atoms with Crippen molar-refractivity contribution >= 4 is 11.9 Å². The smallest absolute Gasteiger partial charge is 0.338 e. The molecule has 4 heteroatoms. The van der Waals surface area contributed by atoms with Gasteiger partial charge in [-0.25, -0.2) is 4.79 Å². The number of para-hydroxylation sites is 2. The molecule has 0 saturated carbocycles. The second-order valence-corrected chi connectivity index (χ2v) is 4.76. The highest BCUT2D eigenvalue weighted by Gasteiger charge is 2.15. The molecule has 2 rings (SSSR count). The summed E-state index contributed by atoms with van der Waals surface area (Å²) in [7, 11) is 0. The van der Waals surface area contributed by atoms with Crippen LogP contribution in [0.2, 0.25) is 0 Å². The topological polar surface area (TPSA) is 52.6 Å². The van der Waals surface area contributed by atoms with Crippen LogP contribution in [0.5, 0.6) is 11.5 Å². The fourth-order valence-electron chi connectivity index (χ4n) is 1.90. The van der Waals surface area contributed by atoms with Gasteiger partial charge in [-0.1, -0.05) is 43.0 Å². The largest absolute Gasteiger partial charge is 0.426 e. The Hall–Kier alpha value is -2.88. The molecule has 0 atom stereocenters. The van der Waals surface area contributed by atoms with Crippen molar-refractivity contribution in [3.05, 3.63) is 60.7 Å². The fourth-order valence-corrected chi connectivity index (χ4v) is 1.90. The van der Waals surface area contributed by atoms with E-state index in [-0.39, 0.29) is 0 Å². The highest BCUT2D eigenvalue weighted by molar-refractivity contribution is 5.90. The number of rotatable bonds is 4. The third kappa shape index (κ3) is 3.61. The first-order valence-corrected chi connectivity index (χ1v) is 6.73. The summed E-state index contributed by atoms with van der Waals surface area (Å²) < 4.78 is 10.6. The minimum Gasteiger partial charge on any atom is -0.426 e. The van der Waals surface area contributed by atoms with Gasteiger partial charge in [-0.3, -0.25) is 4.79 Å². The van der Waals surface area contributed by atoms with E-state index in [2.05, 4.69) is 6.58 Å². The van der Waals surface area contributed by atoms with E-state index in [0.717, 1.165) is 0 Å². The molecular weight excluding hydrogens is 280 g/mol. The highest BCUT2D eigenvalue weighted by Crippen LogP contribution is 2.36. The summed E-state index contributed by atoms with van der Waals surface area (Å²) in [5.74, 6) is -0.120. The van der Waals surface area contributed by atoms with Crippen molar-refractivity contribution in [3.8, 4) is 22.6 Å². The van der Waals surface area contributed by atoms with Crippen LogP contribution in [0.15, 0.2) is 60.7 Å². The normalized spacial score (nSPS) is 9.91. The average Bonchev–Trinajstić information content (AvgIpc) is 2.48. The Bertz CT molecular complexity index is 731. The summed E-state index contributed by atoms with van der Waals surface area (Å²) in [6.07, 6.45) is 0. The van der Waals surface area contributed by atoms with Crippen molar-refractivity contribution in [3.63, 3.8) is 0 Å². The maximum Gasteiger partial charge on any atom is 0.338 e. The van der Waals surface area contributed by atoms with E-state index in [4.69, 9.17) is 9.47 Å². The number of ether oxygens (including phenoxy) is 2. The van der Waals surface area contributed by atoms with Gasteiger partial charge in [0.15, 0.2) is 0 Å². The van der Waals surface area contributed by atoms with Gasteiger partial charge in [0.25, 0.3) is 0 Å². The molecule has 0 aliphatic carbocycles. The van der Waals surface area contributed by atoms with Gasteiger partial charge in [-0.15, -0.1) is 0 Å². The molecule has 0 spiro atoms. The van der Waals surface area contributed by atoms with E-state index >= 15 is 0 Å². The van der Waals surface area contributed by atoms with Gasteiger partial charge < -0.3 is 9.47 Å². The third-order valence-electron chi connectivity index (χ3n) is 2.87. The van der Waals surface area contributed by atoms with Crippen LogP contribution in [-0.2, 0) is 9.59 Å². The Morgan fingerprint density at radius 1 is 0.818 bits per heavy atom. The van der Waals surface area contributed by atoms with E-state index < -0.39 is 11.9 Å². The Balaban J connectivity index is 2.47. The summed E-state index contributed by atoms with van der Waals surface area (Å²) in [4.78, 5) is 23.0. The Labute approximate surface area is 129 Å². The molecule has 112 valence electrons. The van der Waals surface area contributed by atoms with Crippen LogP contribution >= 0.6 is 0 Å². The molecule has 0 aromatic heterocycles. The molecule has 4 nitrogen and oxygen atoms in total. The van der Waals surface area contributed by atoms with Crippen molar-refractivity contribution in [2.45, 2.75) is 13.8 Å². The Morgan fingerprint density at radius 3 is 1.73 bits per heavy atom. The molecule has 0 fully saturated rings. The minimum atomic E-state index is -0.502. The van der Waals surface area contributed by atoms with Crippen LogP contribution in [-0.4, -0.2) is 11.9 Å². The summed E-state index contributed by atoms with van der Waals surface area (Å²) in [5.41, 5.74) is 1.64. The first kappa shape index (κ1) is 15.5. The molecule has 0 unspecified atom stereocenters. The lowest BCUT2D eigenvalue weighted by Gasteiger charge is -2.13. The lowest BCUT2D eigenvalue weighted by atomic mass is 10.0. The molecule has 0 heterocycles. The van der Waals surface area contributed by atoms with Gasteiger partial charge in [0, 0.05) is 23.6 Å². The molecule has 2 aromatic carbocycles. The van der Waals surface area contributed by atoms with Gasteiger partial charge in [0.05, 0.1) is 0 Å². The molecule has 0 N–H and O–H groups in total.